The Labute approximate surface area is 634 Å². The van der Waals surface area contributed by atoms with E-state index in [1.54, 1.807) is 0 Å². The van der Waals surface area contributed by atoms with E-state index in [9.17, 15) is 19.0 Å². The highest BCUT2D eigenvalue weighted by Gasteiger charge is 2.27. The van der Waals surface area contributed by atoms with E-state index in [1.807, 2.05) is 21.1 Å². The summed E-state index contributed by atoms with van der Waals surface area (Å²) < 4.78 is 34.9. The summed E-state index contributed by atoms with van der Waals surface area (Å²) >= 11 is 0. The van der Waals surface area contributed by atoms with E-state index in [0.29, 0.717) is 23.9 Å². The van der Waals surface area contributed by atoms with Crippen LogP contribution in [0.15, 0.2) is 85.1 Å². The number of nitrogens with zero attached hydrogens (tertiary/aromatic N) is 1. The molecule has 0 aromatic rings. The van der Waals surface area contributed by atoms with E-state index in [-0.39, 0.29) is 25.6 Å². The third-order valence-electron chi connectivity index (χ3n) is 19.9. The number of phosphoric ester groups is 1. The maximum atomic E-state index is 12.9. The quantitative estimate of drug-likeness (QED) is 0.0211. The van der Waals surface area contributed by atoms with Gasteiger partial charge in [0, 0.05) is 12.8 Å². The van der Waals surface area contributed by atoms with Gasteiger partial charge in [-0.2, -0.15) is 0 Å². The third kappa shape index (κ3) is 86.1. The van der Waals surface area contributed by atoms with Crippen LogP contribution >= 0.6 is 7.82 Å². The zero-order chi connectivity index (χ0) is 74.0. The van der Waals surface area contributed by atoms with Gasteiger partial charge < -0.3 is 18.9 Å². The summed E-state index contributed by atoms with van der Waals surface area (Å²) in [4.78, 5) is 36.1. The van der Waals surface area contributed by atoms with Gasteiger partial charge in [-0.25, -0.2) is 4.57 Å². The van der Waals surface area contributed by atoms with Crippen LogP contribution in [0.1, 0.15) is 438 Å². The van der Waals surface area contributed by atoms with Crippen LogP contribution in [-0.2, 0) is 32.7 Å². The zero-order valence-electron chi connectivity index (χ0n) is 68.4. The minimum atomic E-state index is -4.40. The van der Waals surface area contributed by atoms with Gasteiger partial charge in [-0.05, 0) is 89.9 Å². The van der Waals surface area contributed by atoms with Crippen molar-refractivity contribution in [3.63, 3.8) is 0 Å². The van der Waals surface area contributed by atoms with Crippen LogP contribution in [-0.4, -0.2) is 74.9 Å². The maximum absolute atomic E-state index is 12.9. The summed E-state index contributed by atoms with van der Waals surface area (Å²) in [6, 6.07) is 0. The first-order valence-corrected chi connectivity index (χ1v) is 45.8. The van der Waals surface area contributed by atoms with Gasteiger partial charge in [-0.1, -0.05) is 420 Å². The van der Waals surface area contributed by atoms with Crippen molar-refractivity contribution < 1.29 is 42.1 Å². The van der Waals surface area contributed by atoms with E-state index in [0.717, 1.165) is 70.6 Å². The van der Waals surface area contributed by atoms with E-state index < -0.39 is 26.5 Å². The molecule has 2 atom stereocenters. The molecule has 0 aliphatic rings. The summed E-state index contributed by atoms with van der Waals surface area (Å²) in [5, 5.41) is 0. The predicted molar refractivity (Wildman–Crippen MR) is 446 cm³/mol. The normalized spacial score (nSPS) is 13.4. The van der Waals surface area contributed by atoms with Gasteiger partial charge in [0.1, 0.15) is 19.8 Å². The fraction of sp³-hybridized carbons (Fsp3) is 0.826. The van der Waals surface area contributed by atoms with E-state index in [4.69, 9.17) is 18.5 Å². The van der Waals surface area contributed by atoms with Crippen molar-refractivity contribution in [2.24, 2.45) is 0 Å². The number of likely N-dealkylation sites (N-methyl/N-ethyl adjacent to an activating group) is 1. The van der Waals surface area contributed by atoms with Crippen molar-refractivity contribution in [2.45, 2.75) is 444 Å². The van der Waals surface area contributed by atoms with Gasteiger partial charge in [0.05, 0.1) is 27.7 Å². The Hall–Kier alpha value is -2.81. The molecule has 0 rings (SSSR count). The van der Waals surface area contributed by atoms with Gasteiger partial charge >= 0.3 is 19.8 Å². The lowest BCUT2D eigenvalue weighted by Gasteiger charge is -2.24. The number of hydrogen-bond acceptors (Lipinski definition) is 7. The van der Waals surface area contributed by atoms with Gasteiger partial charge in [-0.15, -0.1) is 0 Å². The molecule has 0 saturated heterocycles. The molecule has 0 heterocycles. The van der Waals surface area contributed by atoms with E-state index >= 15 is 0 Å². The Kier molecular flexibility index (Phi) is 80.0. The molecule has 0 bridgehead atoms. The average molecular weight is 1450 g/mol. The van der Waals surface area contributed by atoms with Gasteiger partial charge in [-0.3, -0.25) is 18.6 Å². The topological polar surface area (TPSA) is 108 Å². The summed E-state index contributed by atoms with van der Waals surface area (Å²) in [7, 11) is 1.50. The SMILES string of the molecule is CC/C=C\C/C=C\C/C=C\C/C=C\C/C=C\C/C=C\CCCCCCCCCCCCCCCCCCCCCCCCC(=O)OC(COC(=O)CCCCCCCCCCCCCCCCCCCCCCCCCCC/C=C\CCCCCCCCCC)COP(=O)(O)OCC[N+](C)(C)C. The van der Waals surface area contributed by atoms with Crippen LogP contribution in [0.5, 0.6) is 0 Å². The standard InChI is InChI=1S/C92H170NO8P/c1-6-8-10-12-14-16-18-20-22-24-26-28-30-32-34-36-38-40-42-44-45-46-47-49-51-53-55-57-59-61-63-65-67-69-71-73-75-77-79-81-83-85-92(95)101-90(89-100-102(96,97)99-87-86-93(3,4)5)88-98-91(94)84-82-80-78-76-74-72-70-68-66-64-62-60-58-56-54-52-50-48-43-41-39-37-35-33-31-29-27-25-23-21-19-17-15-13-11-9-7-2/h8,10,14,16,20,22,25-28,32,34,38,40,90H,6-7,9,11-13,15,17-19,21,23-24,29-31,33,35-37,39,41-89H2,1-5H3/p+1/b10-8-,16-14-,22-20-,27-25-,28-26-,34-32-,40-38-. The molecule has 2 unspecified atom stereocenters. The summed E-state index contributed by atoms with van der Waals surface area (Å²) in [5.41, 5.74) is 0. The number of ether oxygens (including phenoxy) is 2. The van der Waals surface area contributed by atoms with Gasteiger partial charge in [0.25, 0.3) is 0 Å². The largest absolute Gasteiger partial charge is 0.472 e. The van der Waals surface area contributed by atoms with Crippen molar-refractivity contribution in [3.05, 3.63) is 85.1 Å². The zero-order valence-corrected chi connectivity index (χ0v) is 69.3. The molecule has 0 fully saturated rings. The summed E-state index contributed by atoms with van der Waals surface area (Å²) in [6.07, 6.45) is 115. The number of esters is 2. The Morgan fingerprint density at radius 1 is 0.314 bits per heavy atom. The predicted octanol–water partition coefficient (Wildman–Crippen LogP) is 30.0. The van der Waals surface area contributed by atoms with Gasteiger partial charge in [0.15, 0.2) is 6.10 Å². The minimum Gasteiger partial charge on any atom is -0.462 e. The molecule has 0 spiro atoms. The third-order valence-corrected chi connectivity index (χ3v) is 20.9. The molecule has 1 N–H and O–H groups in total. The number of phosphoric acid groups is 1. The highest BCUT2D eigenvalue weighted by Crippen LogP contribution is 2.43. The van der Waals surface area contributed by atoms with E-state index in [1.165, 1.54) is 334 Å². The summed E-state index contributed by atoms with van der Waals surface area (Å²) in [5.74, 6) is -0.773. The molecule has 10 heteroatoms. The van der Waals surface area contributed by atoms with Crippen LogP contribution in [0.4, 0.5) is 0 Å². The van der Waals surface area contributed by atoms with E-state index in [2.05, 4.69) is 98.9 Å². The highest BCUT2D eigenvalue weighted by molar-refractivity contribution is 7.47. The van der Waals surface area contributed by atoms with Gasteiger partial charge in [0.2, 0.25) is 0 Å². The molecular formula is C92H171NO8P+. The number of rotatable bonds is 83. The smallest absolute Gasteiger partial charge is 0.462 e. The van der Waals surface area contributed by atoms with Crippen LogP contribution in [0.3, 0.4) is 0 Å². The highest BCUT2D eigenvalue weighted by atomic mass is 31.2. The maximum Gasteiger partial charge on any atom is 0.472 e. The molecule has 0 aromatic heterocycles. The number of carbonyl (C=O) groups is 2. The number of allylic oxidation sites excluding steroid dienone is 14. The minimum absolute atomic E-state index is 0.0335. The molecule has 0 aromatic carbocycles. The lowest BCUT2D eigenvalue weighted by atomic mass is 10.0. The Morgan fingerprint density at radius 3 is 0.843 bits per heavy atom. The number of hydrogen-bond donors (Lipinski definition) is 1. The fourth-order valence-corrected chi connectivity index (χ4v) is 13.9. The molecule has 0 amide bonds. The lowest BCUT2D eigenvalue weighted by molar-refractivity contribution is -0.870. The molecule has 0 aliphatic heterocycles. The molecule has 0 saturated carbocycles. The second-order valence-corrected chi connectivity index (χ2v) is 32.7. The van der Waals surface area contributed by atoms with Crippen molar-refractivity contribution in [1.29, 1.82) is 0 Å². The first-order valence-electron chi connectivity index (χ1n) is 44.3. The second kappa shape index (κ2) is 82.3. The van der Waals surface area contributed by atoms with Crippen LogP contribution < -0.4 is 0 Å². The lowest BCUT2D eigenvalue weighted by Crippen LogP contribution is -2.37. The molecule has 9 nitrogen and oxygen atoms in total. The number of unbranched alkanes of at least 4 members (excludes halogenated alkanes) is 55. The van der Waals surface area contributed by atoms with Crippen molar-refractivity contribution in [3.8, 4) is 0 Å². The average Bonchev–Trinajstić information content (AvgIpc) is 0.916. The fourth-order valence-electron chi connectivity index (χ4n) is 13.2. The first kappa shape index (κ1) is 99.2. The van der Waals surface area contributed by atoms with Crippen LogP contribution in [0, 0.1) is 0 Å². The number of quaternary nitrogens is 1. The molecule has 102 heavy (non-hydrogen) atoms. The monoisotopic (exact) mass is 1450 g/mol. The summed E-state index contributed by atoms with van der Waals surface area (Å²) in [6.45, 7) is 4.39. The Bertz CT molecular complexity index is 2000. The first-order chi connectivity index (χ1) is 50.0. The molecular weight excluding hydrogens is 1280 g/mol. The number of carbonyl (C=O) groups excluding carboxylic acids is 2. The van der Waals surface area contributed by atoms with Crippen LogP contribution in [0.25, 0.3) is 0 Å². The van der Waals surface area contributed by atoms with Crippen LogP contribution in [0.2, 0.25) is 0 Å². The Morgan fingerprint density at radius 2 is 0.559 bits per heavy atom. The van der Waals surface area contributed by atoms with Crippen molar-refractivity contribution in [1.82, 2.24) is 0 Å². The second-order valence-electron chi connectivity index (χ2n) is 31.3. The molecule has 0 aliphatic carbocycles. The van der Waals surface area contributed by atoms with Crippen molar-refractivity contribution >= 4 is 19.8 Å². The molecule has 0 radical (unpaired) electrons. The Balaban J connectivity index is 3.87. The molecule has 596 valence electrons. The van der Waals surface area contributed by atoms with Crippen molar-refractivity contribution in [2.75, 3.05) is 47.5 Å².